The molecule has 0 aromatic carbocycles. The highest BCUT2D eigenvalue weighted by molar-refractivity contribution is 5.84. The molecule has 0 saturated heterocycles. The minimum atomic E-state index is -0.935. The normalized spacial score (nSPS) is 9.75. The maximum Gasteiger partial charge on any atom is 0.330 e. The Bertz CT molecular complexity index is 143. The predicted molar refractivity (Wildman–Crippen MR) is 45.9 cm³/mol. The molecule has 0 amide bonds. The van der Waals surface area contributed by atoms with Crippen molar-refractivity contribution < 1.29 is 20.0 Å². The minimum Gasteiger partial charge on any atom is -0.478 e. The molecule has 0 aromatic rings. The van der Waals surface area contributed by atoms with E-state index in [-0.39, 0.29) is 5.57 Å². The van der Waals surface area contributed by atoms with E-state index in [4.69, 9.17) is 10.4 Å². The second-order valence-corrected chi connectivity index (χ2v) is 3.29. The molecular weight excluding hydrogens is 160 g/mol. The number of carbonyl (C=O) groups is 1. The number of hydrogen-bond donors (Lipinski definition) is 2. The Balaban J connectivity index is 0. The topological polar surface area (TPSA) is 66.8 Å². The SMILES string of the molecule is C=C(C)C(=O)O.CC(C)(C)OO. The number of carboxylic acids is 1. The third-order valence-corrected chi connectivity index (χ3v) is 0.639. The molecule has 2 N–H and O–H groups in total. The van der Waals surface area contributed by atoms with Gasteiger partial charge in [-0.3, -0.25) is 5.26 Å². The van der Waals surface area contributed by atoms with Crippen molar-refractivity contribution in [3.63, 3.8) is 0 Å². The summed E-state index contributed by atoms with van der Waals surface area (Å²) in [7, 11) is 0. The quantitative estimate of drug-likeness (QED) is 0.364. The van der Waals surface area contributed by atoms with Crippen LogP contribution in [-0.4, -0.2) is 21.9 Å². The van der Waals surface area contributed by atoms with E-state index in [2.05, 4.69) is 11.5 Å². The van der Waals surface area contributed by atoms with Gasteiger partial charge in [-0.15, -0.1) is 0 Å². The first kappa shape index (κ1) is 13.7. The van der Waals surface area contributed by atoms with E-state index in [1.54, 1.807) is 20.8 Å². The summed E-state index contributed by atoms with van der Waals surface area (Å²) >= 11 is 0. The van der Waals surface area contributed by atoms with Crippen LogP contribution < -0.4 is 0 Å². The first-order chi connectivity index (χ1) is 5.20. The lowest BCUT2D eigenvalue weighted by atomic mass is 10.2. The van der Waals surface area contributed by atoms with Gasteiger partial charge in [0.15, 0.2) is 0 Å². The first-order valence-corrected chi connectivity index (χ1v) is 3.42. The highest BCUT2D eigenvalue weighted by Crippen LogP contribution is 2.01. The summed E-state index contributed by atoms with van der Waals surface area (Å²) in [5, 5.41) is 15.8. The molecule has 0 aliphatic carbocycles. The van der Waals surface area contributed by atoms with Crippen LogP contribution in [0.4, 0.5) is 0 Å². The third-order valence-electron chi connectivity index (χ3n) is 0.639. The Hall–Kier alpha value is -0.870. The Kier molecular flexibility index (Phi) is 6.55. The van der Waals surface area contributed by atoms with Crippen LogP contribution in [0, 0.1) is 0 Å². The fourth-order valence-electron chi connectivity index (χ4n) is 0. The molecule has 0 rings (SSSR count). The molecule has 0 saturated carbocycles. The number of rotatable bonds is 1. The molecule has 0 aliphatic heterocycles. The second-order valence-electron chi connectivity index (χ2n) is 3.29. The Labute approximate surface area is 72.4 Å². The van der Waals surface area contributed by atoms with Gasteiger partial charge in [-0.1, -0.05) is 6.58 Å². The fourth-order valence-corrected chi connectivity index (χ4v) is 0. The summed E-state index contributed by atoms with van der Waals surface area (Å²) in [5.41, 5.74) is -0.227. The van der Waals surface area contributed by atoms with E-state index in [0.717, 1.165) is 0 Å². The molecule has 0 radical (unpaired) electrons. The molecule has 12 heavy (non-hydrogen) atoms. The van der Waals surface area contributed by atoms with Gasteiger partial charge < -0.3 is 5.11 Å². The second kappa shape index (κ2) is 5.74. The van der Waals surface area contributed by atoms with Crippen molar-refractivity contribution in [2.24, 2.45) is 0 Å². The lowest BCUT2D eigenvalue weighted by molar-refractivity contribution is -0.306. The van der Waals surface area contributed by atoms with Gasteiger partial charge in [-0.25, -0.2) is 9.68 Å². The average Bonchev–Trinajstić information content (AvgIpc) is 1.87. The van der Waals surface area contributed by atoms with E-state index < -0.39 is 11.6 Å². The van der Waals surface area contributed by atoms with Crippen LogP contribution in [0.5, 0.6) is 0 Å². The molecule has 0 aliphatic rings. The van der Waals surface area contributed by atoms with Crippen LogP contribution in [0.1, 0.15) is 27.7 Å². The van der Waals surface area contributed by atoms with Gasteiger partial charge in [0.05, 0.1) is 5.60 Å². The van der Waals surface area contributed by atoms with Gasteiger partial charge in [0.1, 0.15) is 0 Å². The van der Waals surface area contributed by atoms with Crippen molar-refractivity contribution in [3.05, 3.63) is 12.2 Å². The summed E-state index contributed by atoms with van der Waals surface area (Å²) in [6.45, 7) is 9.91. The zero-order chi connectivity index (χ0) is 10.4. The van der Waals surface area contributed by atoms with E-state index >= 15 is 0 Å². The van der Waals surface area contributed by atoms with Gasteiger partial charge in [0, 0.05) is 5.57 Å². The zero-order valence-corrected chi connectivity index (χ0v) is 7.92. The number of aliphatic carboxylic acids is 1. The monoisotopic (exact) mass is 176 g/mol. The van der Waals surface area contributed by atoms with Gasteiger partial charge >= 0.3 is 5.97 Å². The third kappa shape index (κ3) is 16.1. The summed E-state index contributed by atoms with van der Waals surface area (Å²) in [4.78, 5) is 13.5. The van der Waals surface area contributed by atoms with E-state index in [9.17, 15) is 4.79 Å². The van der Waals surface area contributed by atoms with Crippen molar-refractivity contribution in [1.82, 2.24) is 0 Å². The van der Waals surface area contributed by atoms with Crippen molar-refractivity contribution in [2.45, 2.75) is 33.3 Å². The van der Waals surface area contributed by atoms with Crippen LogP contribution in [0.2, 0.25) is 0 Å². The summed E-state index contributed by atoms with van der Waals surface area (Å²) in [5.74, 6) is -0.935. The molecule has 0 atom stereocenters. The molecule has 0 spiro atoms. The van der Waals surface area contributed by atoms with Gasteiger partial charge in [-0.05, 0) is 27.7 Å². The molecule has 0 unspecified atom stereocenters. The highest BCUT2D eigenvalue weighted by Gasteiger charge is 2.06. The van der Waals surface area contributed by atoms with Crippen molar-refractivity contribution in [3.8, 4) is 0 Å². The Morgan fingerprint density at radius 3 is 1.58 bits per heavy atom. The molecule has 0 heterocycles. The Morgan fingerprint density at radius 1 is 1.42 bits per heavy atom. The van der Waals surface area contributed by atoms with Crippen LogP contribution in [0.15, 0.2) is 12.2 Å². The summed E-state index contributed by atoms with van der Waals surface area (Å²) < 4.78 is 0. The van der Waals surface area contributed by atoms with Gasteiger partial charge in [-0.2, -0.15) is 0 Å². The molecule has 4 heteroatoms. The molecule has 0 aromatic heterocycles. The maximum absolute atomic E-state index is 9.60. The number of carboxylic acid groups (broad SMARTS) is 1. The van der Waals surface area contributed by atoms with Crippen molar-refractivity contribution >= 4 is 5.97 Å². The Morgan fingerprint density at radius 2 is 1.58 bits per heavy atom. The standard InChI is InChI=1S/C4H10O2.C4H6O2/c1-4(2,3)6-5;1-3(2)4(5)6/h5H,1-3H3;1H2,2H3,(H,5,6). The average molecular weight is 176 g/mol. The maximum atomic E-state index is 9.60. The minimum absolute atomic E-state index is 0.176. The highest BCUT2D eigenvalue weighted by atomic mass is 17.1. The summed E-state index contributed by atoms with van der Waals surface area (Å²) in [6.07, 6.45) is 0. The van der Waals surface area contributed by atoms with Gasteiger partial charge in [0.2, 0.25) is 0 Å². The molecule has 0 bridgehead atoms. The number of hydrogen-bond acceptors (Lipinski definition) is 3. The van der Waals surface area contributed by atoms with Crippen LogP contribution in [-0.2, 0) is 9.68 Å². The van der Waals surface area contributed by atoms with Gasteiger partial charge in [0.25, 0.3) is 0 Å². The smallest absolute Gasteiger partial charge is 0.330 e. The van der Waals surface area contributed by atoms with Crippen molar-refractivity contribution in [1.29, 1.82) is 0 Å². The lowest BCUT2D eigenvalue weighted by Crippen LogP contribution is -2.15. The molecule has 0 fully saturated rings. The molecule has 4 nitrogen and oxygen atoms in total. The predicted octanol–water partition coefficient (Wildman–Crippen LogP) is 1.92. The van der Waals surface area contributed by atoms with Crippen LogP contribution in [0.3, 0.4) is 0 Å². The van der Waals surface area contributed by atoms with Crippen LogP contribution in [0.25, 0.3) is 0 Å². The summed E-state index contributed by atoms with van der Waals surface area (Å²) in [6, 6.07) is 0. The lowest BCUT2D eigenvalue weighted by Gasteiger charge is -2.10. The first-order valence-electron chi connectivity index (χ1n) is 3.42. The van der Waals surface area contributed by atoms with E-state index in [1.807, 2.05) is 0 Å². The fraction of sp³-hybridized carbons (Fsp3) is 0.625. The molecule has 72 valence electrons. The van der Waals surface area contributed by atoms with Crippen LogP contribution >= 0.6 is 0 Å². The largest absolute Gasteiger partial charge is 0.478 e. The molecular formula is C8H16O4. The van der Waals surface area contributed by atoms with E-state index in [1.165, 1.54) is 6.92 Å². The van der Waals surface area contributed by atoms with Crippen molar-refractivity contribution in [2.75, 3.05) is 0 Å². The van der Waals surface area contributed by atoms with E-state index in [0.29, 0.717) is 0 Å². The zero-order valence-electron chi connectivity index (χ0n) is 7.92.